The number of carbonyl (C=O) groups excluding carboxylic acids is 1. The fourth-order valence-corrected chi connectivity index (χ4v) is 12.2. The maximum absolute atomic E-state index is 15.0. The minimum Gasteiger partial charge on any atom is -0.506 e. The molecular formula is C64H61N5O4. The van der Waals surface area contributed by atoms with Crippen LogP contribution in [-0.2, 0) is 16.0 Å². The van der Waals surface area contributed by atoms with Crippen molar-refractivity contribution in [3.8, 4) is 33.8 Å². The van der Waals surface area contributed by atoms with Gasteiger partial charge in [-0.2, -0.15) is 0 Å². The number of allylic oxidation sites excluding steroid dienone is 2. The molecule has 73 heavy (non-hydrogen) atoms. The molecule has 9 nitrogen and oxygen atoms in total. The van der Waals surface area contributed by atoms with Gasteiger partial charge in [0.1, 0.15) is 30.5 Å². The van der Waals surface area contributed by atoms with Crippen LogP contribution in [0.4, 0.5) is 17.1 Å². The van der Waals surface area contributed by atoms with Crippen molar-refractivity contribution in [2.24, 2.45) is 0 Å². The number of aliphatic hydroxyl groups is 1. The Morgan fingerprint density at radius 1 is 0.575 bits per heavy atom. The number of ether oxygens (including phenoxy) is 2. The highest BCUT2D eigenvalue weighted by atomic mass is 16.5. The zero-order valence-corrected chi connectivity index (χ0v) is 42.3. The van der Waals surface area contributed by atoms with Crippen molar-refractivity contribution in [1.29, 1.82) is 0 Å². The molecule has 3 aliphatic carbocycles. The first-order chi connectivity index (χ1) is 35.6. The molecule has 9 heteroatoms. The molecule has 0 radical (unpaired) electrons. The second-order valence-corrected chi connectivity index (χ2v) is 19.8. The van der Waals surface area contributed by atoms with E-state index in [1.807, 2.05) is 24.3 Å². The molecule has 4 N–H and O–H groups in total. The van der Waals surface area contributed by atoms with E-state index in [4.69, 9.17) is 9.47 Å². The number of hydrogen-bond donors (Lipinski definition) is 4. The van der Waals surface area contributed by atoms with Gasteiger partial charge in [0.25, 0.3) is 0 Å². The standard InChI is InChI=1S/C64H61N5O4/c1-7-68(8-2)33-35-72-42-27-31-47-45-19-11-13-21-50(45)63(6,52(47)37-42)65-54-23-15-17-40-25-29-44(39(5)56(40)54)58-61(70)59(62(58)71)49-30-26-41-18-16-24-55-57(41)60(49)67-64(66-55)51-22-14-12-20-46(51)48-32-28-43(38-53(48)64)73-36-34-69(9-3)10-4/h11-32,37-38,65-67,70H,5,7-10,33-36H2,1-4,6H3/b58-44-. The van der Waals surface area contributed by atoms with Gasteiger partial charge in [0, 0.05) is 51.9 Å². The lowest BCUT2D eigenvalue weighted by Gasteiger charge is -2.41. The van der Waals surface area contributed by atoms with Crippen molar-refractivity contribution in [2.75, 3.05) is 68.4 Å². The smallest absolute Gasteiger partial charge is 0.201 e. The Kier molecular flexibility index (Phi) is 11.4. The maximum atomic E-state index is 15.0. The monoisotopic (exact) mass is 963 g/mol. The lowest BCUT2D eigenvalue weighted by atomic mass is 9.79. The summed E-state index contributed by atoms with van der Waals surface area (Å²) in [5.41, 5.74) is 11.1. The number of nitrogens with one attached hydrogen (secondary N) is 3. The first-order valence-electron chi connectivity index (χ1n) is 25.9. The van der Waals surface area contributed by atoms with Crippen molar-refractivity contribution in [3.05, 3.63) is 190 Å². The highest BCUT2D eigenvalue weighted by Gasteiger charge is 2.48. The van der Waals surface area contributed by atoms with Crippen molar-refractivity contribution >= 4 is 62.1 Å². The Hall–Kier alpha value is -7.85. The first-order valence-corrected chi connectivity index (χ1v) is 25.9. The fraction of sp³-hybridized carbons (Fsp3) is 0.234. The van der Waals surface area contributed by atoms with Crippen molar-refractivity contribution in [1.82, 2.24) is 9.80 Å². The predicted molar refractivity (Wildman–Crippen MR) is 299 cm³/mol. The maximum Gasteiger partial charge on any atom is 0.201 e. The lowest BCUT2D eigenvalue weighted by Crippen LogP contribution is -2.45. The van der Waals surface area contributed by atoms with E-state index in [1.54, 1.807) is 0 Å². The van der Waals surface area contributed by atoms with Gasteiger partial charge in [-0.15, -0.1) is 0 Å². The quantitative estimate of drug-likeness (QED) is 0.0801. The number of likely N-dealkylation sites (N-methyl/N-ethyl adjacent to an activating group) is 2. The van der Waals surface area contributed by atoms with Gasteiger partial charge in [0.05, 0.1) is 22.4 Å². The second-order valence-electron chi connectivity index (χ2n) is 19.8. The third-order valence-electron chi connectivity index (χ3n) is 16.1. The number of Topliss-reactive ketones (excluding diaryl/α,β-unsaturated/α-hetero) is 1. The van der Waals surface area contributed by atoms with Crippen molar-refractivity contribution in [2.45, 2.75) is 45.8 Å². The Morgan fingerprint density at radius 3 is 1.81 bits per heavy atom. The zero-order chi connectivity index (χ0) is 50.2. The Balaban J connectivity index is 0.939. The van der Waals surface area contributed by atoms with Crippen LogP contribution in [0.2, 0.25) is 0 Å². The van der Waals surface area contributed by atoms with Gasteiger partial charge >= 0.3 is 0 Å². The topological polar surface area (TPSA) is 98.3 Å². The Bertz CT molecular complexity index is 3720. The first kappa shape index (κ1) is 46.2. The van der Waals surface area contributed by atoms with E-state index < -0.39 is 11.2 Å². The van der Waals surface area contributed by atoms with Gasteiger partial charge in [-0.05, 0) is 124 Å². The summed E-state index contributed by atoms with van der Waals surface area (Å²) < 4.78 is 12.8. The molecule has 0 bridgehead atoms. The van der Waals surface area contributed by atoms with E-state index in [0.717, 1.165) is 128 Å². The molecule has 366 valence electrons. The summed E-state index contributed by atoms with van der Waals surface area (Å²) in [5.74, 6) is 1.35. The number of benzene rings is 8. The summed E-state index contributed by atoms with van der Waals surface area (Å²) in [4.78, 5) is 19.7. The van der Waals surface area contributed by atoms with Crippen molar-refractivity contribution < 1.29 is 19.4 Å². The SMILES string of the molecule is C=c1/c(=C2\C(=O)C(c3ccc4cccc5c4c3NC3(N5)c4ccccc4-c4ccc(OCCN(CC)CC)cc43)=C2O)ccc2cccc(NC3(C)c4ccccc4-c4ccc(OCCN(CC)CC)cc43)c12. The number of carbonyl (C=O) groups is 1. The third kappa shape index (κ3) is 7.23. The van der Waals surface area contributed by atoms with E-state index in [-0.39, 0.29) is 22.7 Å². The van der Waals surface area contributed by atoms with Crippen LogP contribution < -0.4 is 35.9 Å². The number of aliphatic hydroxyl groups excluding tert-OH is 1. The molecule has 0 saturated carbocycles. The molecule has 0 amide bonds. The van der Waals surface area contributed by atoms with Gasteiger partial charge < -0.3 is 40.3 Å². The molecule has 2 unspecified atom stereocenters. The van der Waals surface area contributed by atoms with Crippen molar-refractivity contribution in [3.63, 3.8) is 0 Å². The minimum atomic E-state index is -0.907. The van der Waals surface area contributed by atoms with Crippen LogP contribution in [0.15, 0.2) is 151 Å². The summed E-state index contributed by atoms with van der Waals surface area (Å²) in [6.07, 6.45) is 0. The zero-order valence-electron chi connectivity index (χ0n) is 42.3. The van der Waals surface area contributed by atoms with Crippen LogP contribution in [0.3, 0.4) is 0 Å². The summed E-state index contributed by atoms with van der Waals surface area (Å²) in [5, 5.41) is 29.4. The van der Waals surface area contributed by atoms with Crippen LogP contribution in [0.1, 0.15) is 62.4 Å². The molecule has 4 aliphatic rings. The van der Waals surface area contributed by atoms with Gasteiger partial charge in [-0.1, -0.05) is 143 Å². The van der Waals surface area contributed by atoms with E-state index in [9.17, 15) is 5.11 Å². The van der Waals surface area contributed by atoms with E-state index in [0.29, 0.717) is 29.2 Å². The van der Waals surface area contributed by atoms with Gasteiger partial charge in [0.15, 0.2) is 5.66 Å². The molecule has 0 fully saturated rings. The lowest BCUT2D eigenvalue weighted by molar-refractivity contribution is -0.109. The number of fused-ring (bicyclic) bond motifs is 9. The molecule has 1 heterocycles. The summed E-state index contributed by atoms with van der Waals surface area (Å²) >= 11 is 0. The summed E-state index contributed by atoms with van der Waals surface area (Å²) in [6, 6.07) is 50.2. The minimum absolute atomic E-state index is 0.0441. The highest BCUT2D eigenvalue weighted by molar-refractivity contribution is 6.52. The molecule has 0 saturated heterocycles. The Labute approximate surface area is 427 Å². The number of anilines is 3. The normalized spacial score (nSPS) is 18.6. The number of hydrogen-bond acceptors (Lipinski definition) is 9. The van der Waals surface area contributed by atoms with Gasteiger partial charge in [-0.25, -0.2) is 0 Å². The van der Waals surface area contributed by atoms with E-state index in [1.165, 1.54) is 5.56 Å². The summed E-state index contributed by atoms with van der Waals surface area (Å²) in [7, 11) is 0. The summed E-state index contributed by atoms with van der Waals surface area (Å²) in [6.45, 7) is 22.4. The molecule has 0 aromatic heterocycles. The fourth-order valence-electron chi connectivity index (χ4n) is 12.2. The number of ketones is 1. The average Bonchev–Trinajstić information content (AvgIpc) is 3.81. The Morgan fingerprint density at radius 2 is 1.14 bits per heavy atom. The molecule has 2 atom stereocenters. The largest absolute Gasteiger partial charge is 0.506 e. The molecule has 1 spiro atoms. The van der Waals surface area contributed by atoms with E-state index >= 15 is 4.79 Å². The molecule has 8 aromatic carbocycles. The molecule has 12 rings (SSSR count). The molecule has 8 aromatic rings. The van der Waals surface area contributed by atoms with Crippen LogP contribution in [0.5, 0.6) is 11.5 Å². The van der Waals surface area contributed by atoms with Crippen LogP contribution in [0.25, 0.3) is 61.5 Å². The molecule has 1 aliphatic heterocycles. The van der Waals surface area contributed by atoms with Crippen LogP contribution in [-0.4, -0.2) is 73.2 Å². The number of rotatable bonds is 15. The second kappa shape index (κ2) is 18.0. The molecular weight excluding hydrogens is 903 g/mol. The highest BCUT2D eigenvalue weighted by Crippen LogP contribution is 2.56. The predicted octanol–water partition coefficient (Wildman–Crippen LogP) is 11.6. The van der Waals surface area contributed by atoms with E-state index in [2.05, 4.69) is 188 Å². The van der Waals surface area contributed by atoms with Crippen LogP contribution >= 0.6 is 0 Å². The average molecular weight is 964 g/mol. The third-order valence-corrected chi connectivity index (χ3v) is 16.1. The number of nitrogens with zero attached hydrogens (tertiary/aromatic N) is 2. The van der Waals surface area contributed by atoms with Gasteiger partial charge in [-0.3, -0.25) is 4.79 Å². The van der Waals surface area contributed by atoms with Crippen LogP contribution in [0, 0.1) is 0 Å². The van der Waals surface area contributed by atoms with Gasteiger partial charge in [0.2, 0.25) is 5.78 Å².